The van der Waals surface area contributed by atoms with Gasteiger partial charge in [0.1, 0.15) is 5.25 Å². The lowest BCUT2D eigenvalue weighted by Crippen LogP contribution is -2.28. The molecule has 0 spiro atoms. The minimum absolute atomic E-state index is 0.111. The fourth-order valence-corrected chi connectivity index (χ4v) is 3.70. The second kappa shape index (κ2) is 8.29. The number of benzene rings is 1. The van der Waals surface area contributed by atoms with Crippen LogP contribution in [0.3, 0.4) is 0 Å². The van der Waals surface area contributed by atoms with Crippen LogP contribution in [0.15, 0.2) is 34.5 Å². The molecule has 1 aliphatic carbocycles. The molecule has 132 valence electrons. The first-order valence-corrected chi connectivity index (χ1v) is 9.45. The zero-order chi connectivity index (χ0) is 17.6. The van der Waals surface area contributed by atoms with Crippen molar-refractivity contribution >= 4 is 40.1 Å². The van der Waals surface area contributed by atoms with Crippen molar-refractivity contribution in [2.75, 3.05) is 5.32 Å². The Morgan fingerprint density at radius 1 is 1.20 bits per heavy atom. The SMILES string of the molecule is Cc1ccc(NC(=O)CC2S/C(=N/N=C3CCCCC3)NC2=O)cc1. The monoisotopic (exact) mass is 358 g/mol. The van der Waals surface area contributed by atoms with Crippen molar-refractivity contribution < 1.29 is 9.59 Å². The summed E-state index contributed by atoms with van der Waals surface area (Å²) in [5.41, 5.74) is 2.95. The van der Waals surface area contributed by atoms with E-state index in [1.165, 1.54) is 18.2 Å². The second-order valence-corrected chi connectivity index (χ2v) is 7.54. The summed E-state index contributed by atoms with van der Waals surface area (Å²) in [6, 6.07) is 7.56. The Balaban J connectivity index is 1.53. The van der Waals surface area contributed by atoms with Gasteiger partial charge in [0.05, 0.1) is 0 Å². The third-order valence-electron chi connectivity index (χ3n) is 4.20. The molecule has 3 rings (SSSR count). The molecule has 6 nitrogen and oxygen atoms in total. The van der Waals surface area contributed by atoms with E-state index in [0.717, 1.165) is 42.6 Å². The molecule has 1 unspecified atom stereocenters. The summed E-state index contributed by atoms with van der Waals surface area (Å²) in [6.07, 6.45) is 5.64. The quantitative estimate of drug-likeness (QED) is 0.811. The maximum Gasteiger partial charge on any atom is 0.240 e. The van der Waals surface area contributed by atoms with Crippen LogP contribution in [0, 0.1) is 6.92 Å². The van der Waals surface area contributed by atoms with Gasteiger partial charge in [0.15, 0.2) is 5.17 Å². The second-order valence-electron chi connectivity index (χ2n) is 6.35. The molecule has 2 aliphatic rings. The van der Waals surface area contributed by atoms with E-state index in [1.807, 2.05) is 31.2 Å². The van der Waals surface area contributed by atoms with Gasteiger partial charge in [-0.25, -0.2) is 0 Å². The van der Waals surface area contributed by atoms with E-state index in [-0.39, 0.29) is 18.2 Å². The number of rotatable bonds is 4. The minimum atomic E-state index is -0.462. The lowest BCUT2D eigenvalue weighted by Gasteiger charge is -2.10. The lowest BCUT2D eigenvalue weighted by molar-refractivity contribution is -0.122. The topological polar surface area (TPSA) is 82.9 Å². The predicted octanol–water partition coefficient (Wildman–Crippen LogP) is 3.23. The highest BCUT2D eigenvalue weighted by Crippen LogP contribution is 2.23. The summed E-state index contributed by atoms with van der Waals surface area (Å²) in [5, 5.41) is 14.0. The first-order chi connectivity index (χ1) is 12.1. The Hall–Kier alpha value is -2.15. The number of nitrogens with zero attached hydrogens (tertiary/aromatic N) is 2. The average Bonchev–Trinajstić information content (AvgIpc) is 2.96. The first kappa shape index (κ1) is 17.7. The van der Waals surface area contributed by atoms with Gasteiger partial charge in [-0.05, 0) is 44.7 Å². The molecule has 1 saturated carbocycles. The lowest BCUT2D eigenvalue weighted by atomic mass is 9.99. The molecular formula is C18H22N4O2S. The standard InChI is InChI=1S/C18H22N4O2S/c1-12-7-9-13(10-8-12)19-16(23)11-15-17(24)20-18(25-15)22-21-14-5-3-2-4-6-14/h7-10,15H,2-6,11H2,1H3,(H,19,23)(H,20,22,24). The Labute approximate surface area is 151 Å². The van der Waals surface area contributed by atoms with E-state index < -0.39 is 5.25 Å². The number of hydrogen-bond donors (Lipinski definition) is 2. The fraction of sp³-hybridized carbons (Fsp3) is 0.444. The molecule has 0 aromatic heterocycles. The molecule has 0 radical (unpaired) electrons. The summed E-state index contributed by atoms with van der Waals surface area (Å²) in [7, 11) is 0. The van der Waals surface area contributed by atoms with Crippen LogP contribution in [-0.2, 0) is 9.59 Å². The minimum Gasteiger partial charge on any atom is -0.326 e. The summed E-state index contributed by atoms with van der Waals surface area (Å²) < 4.78 is 0. The Morgan fingerprint density at radius 3 is 2.64 bits per heavy atom. The number of carbonyl (C=O) groups is 2. The van der Waals surface area contributed by atoms with Crippen molar-refractivity contribution in [1.82, 2.24) is 5.32 Å². The molecule has 25 heavy (non-hydrogen) atoms. The fourth-order valence-electron chi connectivity index (χ4n) is 2.78. The van der Waals surface area contributed by atoms with E-state index in [9.17, 15) is 9.59 Å². The van der Waals surface area contributed by atoms with E-state index >= 15 is 0 Å². The Kier molecular flexibility index (Phi) is 5.86. The molecular weight excluding hydrogens is 336 g/mol. The smallest absolute Gasteiger partial charge is 0.240 e. The molecule has 1 heterocycles. The molecule has 1 aliphatic heterocycles. The van der Waals surface area contributed by atoms with Gasteiger partial charge < -0.3 is 10.6 Å². The maximum absolute atomic E-state index is 12.1. The molecule has 1 saturated heterocycles. The van der Waals surface area contributed by atoms with Crippen LogP contribution in [0.1, 0.15) is 44.1 Å². The van der Waals surface area contributed by atoms with Crippen LogP contribution in [0.25, 0.3) is 0 Å². The molecule has 2 N–H and O–H groups in total. The number of thioether (sulfide) groups is 1. The van der Waals surface area contributed by atoms with Crippen molar-refractivity contribution in [3.8, 4) is 0 Å². The molecule has 1 atom stereocenters. The largest absolute Gasteiger partial charge is 0.326 e. The van der Waals surface area contributed by atoms with Crippen molar-refractivity contribution in [1.29, 1.82) is 0 Å². The van der Waals surface area contributed by atoms with Gasteiger partial charge in [0.2, 0.25) is 11.8 Å². The normalized spacial score (nSPS) is 22.0. The Bertz CT molecular complexity index is 704. The summed E-state index contributed by atoms with van der Waals surface area (Å²) in [4.78, 5) is 24.2. The highest BCUT2D eigenvalue weighted by atomic mass is 32.2. The third-order valence-corrected chi connectivity index (χ3v) is 5.27. The number of aryl methyl sites for hydroxylation is 1. The van der Waals surface area contributed by atoms with Crippen molar-refractivity contribution in [2.45, 2.75) is 50.7 Å². The zero-order valence-electron chi connectivity index (χ0n) is 14.2. The van der Waals surface area contributed by atoms with E-state index in [0.29, 0.717) is 5.17 Å². The highest BCUT2D eigenvalue weighted by molar-refractivity contribution is 8.15. The van der Waals surface area contributed by atoms with Crippen LogP contribution < -0.4 is 10.6 Å². The van der Waals surface area contributed by atoms with Gasteiger partial charge >= 0.3 is 0 Å². The van der Waals surface area contributed by atoms with E-state index in [2.05, 4.69) is 20.8 Å². The third kappa shape index (κ3) is 5.16. The van der Waals surface area contributed by atoms with Crippen molar-refractivity contribution in [2.24, 2.45) is 10.2 Å². The molecule has 1 aromatic rings. The number of carbonyl (C=O) groups excluding carboxylic acids is 2. The summed E-state index contributed by atoms with van der Waals surface area (Å²) >= 11 is 1.27. The first-order valence-electron chi connectivity index (χ1n) is 8.57. The van der Waals surface area contributed by atoms with Crippen LogP contribution >= 0.6 is 11.8 Å². The summed E-state index contributed by atoms with van der Waals surface area (Å²) in [6.45, 7) is 1.99. The predicted molar refractivity (Wildman–Crippen MR) is 102 cm³/mol. The van der Waals surface area contributed by atoms with Gasteiger partial charge in [-0.1, -0.05) is 35.9 Å². The van der Waals surface area contributed by atoms with Gasteiger partial charge in [-0.3, -0.25) is 9.59 Å². The van der Waals surface area contributed by atoms with Crippen molar-refractivity contribution in [3.63, 3.8) is 0 Å². The van der Waals surface area contributed by atoms with E-state index in [1.54, 1.807) is 0 Å². The number of anilines is 1. The zero-order valence-corrected chi connectivity index (χ0v) is 15.1. The number of hydrogen-bond acceptors (Lipinski definition) is 5. The maximum atomic E-state index is 12.1. The van der Waals surface area contributed by atoms with Crippen LogP contribution in [0.2, 0.25) is 0 Å². The number of amidine groups is 1. The van der Waals surface area contributed by atoms with Gasteiger partial charge in [-0.15, -0.1) is 5.10 Å². The summed E-state index contributed by atoms with van der Waals surface area (Å²) in [5.74, 6) is -0.372. The number of nitrogens with one attached hydrogen (secondary N) is 2. The van der Waals surface area contributed by atoms with Crippen LogP contribution in [0.4, 0.5) is 5.69 Å². The van der Waals surface area contributed by atoms with Gasteiger partial charge in [-0.2, -0.15) is 5.10 Å². The van der Waals surface area contributed by atoms with Gasteiger partial charge in [0.25, 0.3) is 0 Å². The molecule has 7 heteroatoms. The molecule has 0 bridgehead atoms. The highest BCUT2D eigenvalue weighted by Gasteiger charge is 2.32. The Morgan fingerprint density at radius 2 is 1.92 bits per heavy atom. The molecule has 1 aromatic carbocycles. The molecule has 2 amide bonds. The van der Waals surface area contributed by atoms with Crippen LogP contribution in [0.5, 0.6) is 0 Å². The van der Waals surface area contributed by atoms with Crippen LogP contribution in [-0.4, -0.2) is 27.9 Å². The van der Waals surface area contributed by atoms with Crippen molar-refractivity contribution in [3.05, 3.63) is 29.8 Å². The van der Waals surface area contributed by atoms with Gasteiger partial charge in [0, 0.05) is 17.8 Å². The average molecular weight is 358 g/mol. The number of amides is 2. The van der Waals surface area contributed by atoms with E-state index in [4.69, 9.17) is 0 Å². The molecule has 2 fully saturated rings.